The van der Waals surface area contributed by atoms with Crippen molar-refractivity contribution in [1.82, 2.24) is 4.72 Å². The molecule has 2 atom stereocenters. The van der Waals surface area contributed by atoms with Gasteiger partial charge in [-0.2, -0.15) is 0 Å². The molecule has 0 fully saturated rings. The Labute approximate surface area is 124 Å². The lowest BCUT2D eigenvalue weighted by molar-refractivity contribution is 0.274. The molecule has 0 amide bonds. The van der Waals surface area contributed by atoms with E-state index in [0.29, 0.717) is 0 Å². The summed E-state index contributed by atoms with van der Waals surface area (Å²) in [6.07, 6.45) is 0.795. The molecule has 0 aliphatic carbocycles. The SMILES string of the molecule is CCC(C)C(C)NS(=O)(=O)c1cc(Cl)cc(CO)c1F. The molecule has 2 unspecified atom stereocenters. The fourth-order valence-corrected chi connectivity index (χ4v) is 3.51. The Morgan fingerprint density at radius 2 is 2.00 bits per heavy atom. The van der Waals surface area contributed by atoms with E-state index in [9.17, 15) is 12.8 Å². The van der Waals surface area contributed by atoms with E-state index >= 15 is 0 Å². The van der Waals surface area contributed by atoms with Crippen LogP contribution in [0.1, 0.15) is 32.8 Å². The third kappa shape index (κ3) is 3.91. The highest BCUT2D eigenvalue weighted by Crippen LogP contribution is 2.24. The Morgan fingerprint density at radius 1 is 1.40 bits per heavy atom. The van der Waals surface area contributed by atoms with Crippen molar-refractivity contribution in [1.29, 1.82) is 0 Å². The van der Waals surface area contributed by atoms with Crippen LogP contribution in [0.4, 0.5) is 4.39 Å². The lowest BCUT2D eigenvalue weighted by atomic mass is 10.0. The van der Waals surface area contributed by atoms with Gasteiger partial charge in [0.05, 0.1) is 6.61 Å². The highest BCUT2D eigenvalue weighted by molar-refractivity contribution is 7.89. The third-order valence-corrected chi connectivity index (χ3v) is 5.15. The first-order valence-electron chi connectivity index (χ1n) is 6.34. The zero-order chi connectivity index (χ0) is 15.5. The van der Waals surface area contributed by atoms with Crippen molar-refractivity contribution < 1.29 is 17.9 Å². The molecule has 1 aromatic carbocycles. The van der Waals surface area contributed by atoms with Crippen molar-refractivity contribution in [3.63, 3.8) is 0 Å². The molecule has 114 valence electrons. The van der Waals surface area contributed by atoms with Gasteiger partial charge in [-0.25, -0.2) is 17.5 Å². The molecule has 0 aliphatic rings. The van der Waals surface area contributed by atoms with Crippen LogP contribution >= 0.6 is 11.6 Å². The van der Waals surface area contributed by atoms with E-state index in [1.807, 2.05) is 13.8 Å². The van der Waals surface area contributed by atoms with Gasteiger partial charge in [-0.3, -0.25) is 0 Å². The van der Waals surface area contributed by atoms with Gasteiger partial charge in [0, 0.05) is 16.6 Å². The summed E-state index contributed by atoms with van der Waals surface area (Å²) in [5.74, 6) is -0.856. The molecule has 0 heterocycles. The minimum absolute atomic E-state index is 0.0621. The van der Waals surface area contributed by atoms with Gasteiger partial charge in [0.1, 0.15) is 10.7 Å². The first-order valence-corrected chi connectivity index (χ1v) is 8.20. The van der Waals surface area contributed by atoms with E-state index in [1.54, 1.807) is 6.92 Å². The summed E-state index contributed by atoms with van der Waals surface area (Å²) in [5.41, 5.74) is -0.144. The molecule has 0 aromatic heterocycles. The zero-order valence-electron chi connectivity index (χ0n) is 11.7. The van der Waals surface area contributed by atoms with E-state index < -0.39 is 27.3 Å². The average molecular weight is 324 g/mol. The maximum absolute atomic E-state index is 14.0. The van der Waals surface area contributed by atoms with Gasteiger partial charge in [-0.05, 0) is 25.0 Å². The van der Waals surface area contributed by atoms with Gasteiger partial charge in [-0.15, -0.1) is 0 Å². The normalized spacial score (nSPS) is 15.1. The third-order valence-electron chi connectivity index (χ3n) is 3.38. The molecular formula is C13H19ClFNO3S. The number of hydrogen-bond donors (Lipinski definition) is 2. The van der Waals surface area contributed by atoms with Crippen LogP contribution in [-0.2, 0) is 16.6 Å². The number of rotatable bonds is 6. The molecule has 0 aliphatic heterocycles. The number of aliphatic hydroxyl groups excluding tert-OH is 1. The maximum atomic E-state index is 14.0. The topological polar surface area (TPSA) is 66.4 Å². The van der Waals surface area contributed by atoms with Crippen LogP contribution in [0.15, 0.2) is 17.0 Å². The van der Waals surface area contributed by atoms with Crippen molar-refractivity contribution in [2.24, 2.45) is 5.92 Å². The lowest BCUT2D eigenvalue weighted by Crippen LogP contribution is -2.37. The van der Waals surface area contributed by atoms with Crippen molar-refractivity contribution in [2.45, 2.75) is 44.7 Å². The van der Waals surface area contributed by atoms with Crippen LogP contribution in [0, 0.1) is 11.7 Å². The highest BCUT2D eigenvalue weighted by atomic mass is 35.5. The smallest absolute Gasteiger partial charge is 0.243 e. The van der Waals surface area contributed by atoms with E-state index in [2.05, 4.69) is 4.72 Å². The van der Waals surface area contributed by atoms with Gasteiger partial charge < -0.3 is 5.11 Å². The fourth-order valence-electron chi connectivity index (χ4n) is 1.71. The monoisotopic (exact) mass is 323 g/mol. The number of halogens is 2. The zero-order valence-corrected chi connectivity index (χ0v) is 13.2. The highest BCUT2D eigenvalue weighted by Gasteiger charge is 2.25. The van der Waals surface area contributed by atoms with E-state index in [4.69, 9.17) is 16.7 Å². The van der Waals surface area contributed by atoms with Crippen LogP contribution in [-0.4, -0.2) is 19.6 Å². The molecule has 0 saturated heterocycles. The van der Waals surface area contributed by atoms with Gasteiger partial charge in [-0.1, -0.05) is 31.9 Å². The van der Waals surface area contributed by atoms with Crippen LogP contribution in [0.5, 0.6) is 0 Å². The van der Waals surface area contributed by atoms with Gasteiger partial charge in [0.2, 0.25) is 10.0 Å². The minimum Gasteiger partial charge on any atom is -0.392 e. The summed E-state index contributed by atoms with van der Waals surface area (Å²) in [6, 6.07) is 1.91. The predicted octanol–water partition coefficient (Wildman–Crippen LogP) is 2.68. The lowest BCUT2D eigenvalue weighted by Gasteiger charge is -2.20. The van der Waals surface area contributed by atoms with Crippen molar-refractivity contribution >= 4 is 21.6 Å². The molecular weight excluding hydrogens is 305 g/mol. The second kappa shape index (κ2) is 6.85. The first kappa shape index (κ1) is 17.4. The number of benzene rings is 1. The molecule has 0 bridgehead atoms. The largest absolute Gasteiger partial charge is 0.392 e. The van der Waals surface area contributed by atoms with E-state index in [1.165, 1.54) is 6.07 Å². The van der Waals surface area contributed by atoms with E-state index in [-0.39, 0.29) is 22.5 Å². The Balaban J connectivity index is 3.19. The maximum Gasteiger partial charge on any atom is 0.243 e. The van der Waals surface area contributed by atoms with Crippen LogP contribution in [0.2, 0.25) is 5.02 Å². The van der Waals surface area contributed by atoms with Crippen LogP contribution in [0.3, 0.4) is 0 Å². The summed E-state index contributed by atoms with van der Waals surface area (Å²) in [6.45, 7) is 4.96. The average Bonchev–Trinajstić information content (AvgIpc) is 2.39. The number of nitrogens with one attached hydrogen (secondary N) is 1. The number of sulfonamides is 1. The predicted molar refractivity (Wildman–Crippen MR) is 76.6 cm³/mol. The second-order valence-electron chi connectivity index (χ2n) is 4.83. The summed E-state index contributed by atoms with van der Waals surface area (Å²) < 4.78 is 40.9. The quantitative estimate of drug-likeness (QED) is 0.846. The van der Waals surface area contributed by atoms with Crippen molar-refractivity contribution in [3.05, 3.63) is 28.5 Å². The Hall–Kier alpha value is -0.690. The Kier molecular flexibility index (Phi) is 5.94. The van der Waals surface area contributed by atoms with Crippen molar-refractivity contribution in [2.75, 3.05) is 0 Å². The van der Waals surface area contributed by atoms with Gasteiger partial charge in [0.25, 0.3) is 0 Å². The standard InChI is InChI=1S/C13H19ClFNO3S/c1-4-8(2)9(3)16-20(18,19)12-6-11(14)5-10(7-17)13(12)15/h5-6,8-9,16-17H,4,7H2,1-3H3. The molecule has 7 heteroatoms. The molecule has 0 radical (unpaired) electrons. The molecule has 0 spiro atoms. The molecule has 20 heavy (non-hydrogen) atoms. The van der Waals surface area contributed by atoms with Gasteiger partial charge >= 0.3 is 0 Å². The Morgan fingerprint density at radius 3 is 2.50 bits per heavy atom. The summed E-state index contributed by atoms with van der Waals surface area (Å²) in [4.78, 5) is -0.538. The van der Waals surface area contributed by atoms with Gasteiger partial charge in [0.15, 0.2) is 0 Å². The van der Waals surface area contributed by atoms with Crippen LogP contribution < -0.4 is 4.72 Å². The Bertz CT molecular complexity index is 577. The molecule has 2 N–H and O–H groups in total. The minimum atomic E-state index is -4.02. The van der Waals surface area contributed by atoms with Crippen molar-refractivity contribution in [3.8, 4) is 0 Å². The summed E-state index contributed by atoms with van der Waals surface area (Å²) >= 11 is 5.76. The first-order chi connectivity index (χ1) is 9.22. The van der Waals surface area contributed by atoms with E-state index in [0.717, 1.165) is 12.5 Å². The molecule has 4 nitrogen and oxygen atoms in total. The summed E-state index contributed by atoms with van der Waals surface area (Å²) in [7, 11) is -4.02. The molecule has 0 saturated carbocycles. The van der Waals surface area contributed by atoms with Crippen LogP contribution in [0.25, 0.3) is 0 Å². The molecule has 1 aromatic rings. The fraction of sp³-hybridized carbons (Fsp3) is 0.538. The number of hydrogen-bond acceptors (Lipinski definition) is 3. The summed E-state index contributed by atoms with van der Waals surface area (Å²) in [5, 5.41) is 9.09. The number of aliphatic hydroxyl groups is 1. The second-order valence-corrected chi connectivity index (χ2v) is 6.95. The molecule has 1 rings (SSSR count).